The van der Waals surface area contributed by atoms with Gasteiger partial charge in [0.05, 0.1) is 0 Å². The number of rotatable bonds is 11. The van der Waals surface area contributed by atoms with Crippen molar-refractivity contribution < 1.29 is 3.07 Å². The fourth-order valence-corrected chi connectivity index (χ4v) is 2.07. The van der Waals surface area contributed by atoms with Crippen molar-refractivity contribution in [3.63, 3.8) is 0 Å². The molecule has 0 saturated heterocycles. The number of unbranched alkanes of at least 4 members (excludes halogenated alkanes) is 9. The Morgan fingerprint density at radius 2 is 1.14 bits per heavy atom. The molecule has 0 fully saturated rings. The van der Waals surface area contributed by atoms with Crippen LogP contribution < -0.4 is 0 Å². The molecule has 14 heavy (non-hydrogen) atoms. The van der Waals surface area contributed by atoms with Gasteiger partial charge in [0.2, 0.25) is 0 Å². The van der Waals surface area contributed by atoms with Crippen molar-refractivity contribution in [2.24, 2.45) is 0 Å². The third kappa shape index (κ3) is 12.8. The maximum absolute atomic E-state index is 5.10. The van der Waals surface area contributed by atoms with E-state index in [9.17, 15) is 0 Å². The van der Waals surface area contributed by atoms with E-state index in [2.05, 4.69) is 6.92 Å². The van der Waals surface area contributed by atoms with Crippen molar-refractivity contribution in [1.82, 2.24) is 0 Å². The summed E-state index contributed by atoms with van der Waals surface area (Å²) in [5.41, 5.74) is 0. The van der Waals surface area contributed by atoms with Crippen LogP contribution in [0.1, 0.15) is 71.1 Å². The quantitative estimate of drug-likeness (QED) is 0.414. The molecule has 0 unspecified atom stereocenters. The summed E-state index contributed by atoms with van der Waals surface area (Å²) < 4.78 is 5.10. The van der Waals surface area contributed by atoms with Crippen LogP contribution in [0.4, 0.5) is 0 Å². The Kier molecular flexibility index (Phi) is 14.5. The topological polar surface area (TPSA) is 9.23 Å². The molecule has 0 saturated carbocycles. The molecular formula is C12H25OSn+. The van der Waals surface area contributed by atoms with Gasteiger partial charge in [0.25, 0.3) is 0 Å². The maximum atomic E-state index is 5.10. The summed E-state index contributed by atoms with van der Waals surface area (Å²) >= 11 is 1.22. The molecule has 2 heteroatoms. The van der Waals surface area contributed by atoms with Gasteiger partial charge in [0.15, 0.2) is 0 Å². The fourth-order valence-electron chi connectivity index (χ4n) is 1.66. The summed E-state index contributed by atoms with van der Waals surface area (Å²) in [5.74, 6) is 0. The first-order valence-electron chi connectivity index (χ1n) is 6.20. The van der Waals surface area contributed by atoms with Gasteiger partial charge < -0.3 is 0 Å². The first kappa shape index (κ1) is 14.8. The summed E-state index contributed by atoms with van der Waals surface area (Å²) in [5, 5.41) is 0. The normalized spacial score (nSPS) is 10.6. The van der Waals surface area contributed by atoms with Crippen LogP contribution in [0.2, 0.25) is 0 Å². The van der Waals surface area contributed by atoms with E-state index in [1.807, 2.05) is 0 Å². The second kappa shape index (κ2) is 13.8. The van der Waals surface area contributed by atoms with Crippen LogP contribution in [0.15, 0.2) is 0 Å². The second-order valence-corrected chi connectivity index (χ2v) is 4.85. The van der Waals surface area contributed by atoms with Gasteiger partial charge in [-0.25, -0.2) is 0 Å². The predicted octanol–water partition coefficient (Wildman–Crippen LogP) is 4.01. The minimum atomic E-state index is 0.981. The molecule has 0 aromatic heterocycles. The Morgan fingerprint density at radius 3 is 1.57 bits per heavy atom. The molecule has 0 amide bonds. The minimum absolute atomic E-state index is 0.981. The SMILES string of the molecule is CCCCCCCCCCCC[O][Sn+]. The van der Waals surface area contributed by atoms with Crippen molar-refractivity contribution >= 4 is 22.9 Å². The zero-order valence-corrected chi connectivity index (χ0v) is 12.5. The average molecular weight is 304 g/mol. The van der Waals surface area contributed by atoms with Crippen LogP contribution in [0.3, 0.4) is 0 Å². The summed E-state index contributed by atoms with van der Waals surface area (Å²) in [6.45, 7) is 3.26. The first-order valence-corrected chi connectivity index (χ1v) is 7.37. The molecule has 2 radical (unpaired) electrons. The van der Waals surface area contributed by atoms with Gasteiger partial charge in [-0.3, -0.25) is 0 Å². The van der Waals surface area contributed by atoms with Crippen LogP contribution in [-0.4, -0.2) is 29.5 Å². The van der Waals surface area contributed by atoms with Gasteiger partial charge in [-0.2, -0.15) is 0 Å². The van der Waals surface area contributed by atoms with Crippen molar-refractivity contribution in [2.45, 2.75) is 71.1 Å². The van der Waals surface area contributed by atoms with Crippen LogP contribution >= 0.6 is 0 Å². The van der Waals surface area contributed by atoms with Crippen molar-refractivity contribution in [3.05, 3.63) is 0 Å². The molecule has 0 atom stereocenters. The molecule has 0 heterocycles. The summed E-state index contributed by atoms with van der Waals surface area (Å²) in [4.78, 5) is 0. The molecule has 0 aliphatic carbocycles. The predicted molar refractivity (Wildman–Crippen MR) is 63.6 cm³/mol. The van der Waals surface area contributed by atoms with E-state index in [0.717, 1.165) is 6.61 Å². The first-order chi connectivity index (χ1) is 6.91. The zero-order chi connectivity index (χ0) is 10.5. The molecule has 0 bridgehead atoms. The molecule has 0 aromatic rings. The Bertz CT molecular complexity index is 84.3. The fraction of sp³-hybridized carbons (Fsp3) is 1.00. The molecule has 0 rings (SSSR count). The molecule has 82 valence electrons. The van der Waals surface area contributed by atoms with Gasteiger partial charge in [0, 0.05) is 0 Å². The molecule has 0 aliphatic rings. The molecule has 0 N–H and O–H groups in total. The Morgan fingerprint density at radius 1 is 0.714 bits per heavy atom. The van der Waals surface area contributed by atoms with E-state index in [1.54, 1.807) is 0 Å². The standard InChI is InChI=1S/C12H25O.Sn/c1-2-3-4-5-6-7-8-9-10-11-12-13;/h2-12H2,1H3;/q-1;+2. The van der Waals surface area contributed by atoms with Gasteiger partial charge in [-0.05, 0) is 0 Å². The molecule has 0 aliphatic heterocycles. The number of hydrogen-bond acceptors (Lipinski definition) is 1. The van der Waals surface area contributed by atoms with Gasteiger partial charge >= 0.3 is 96.8 Å². The van der Waals surface area contributed by atoms with Crippen molar-refractivity contribution in [1.29, 1.82) is 0 Å². The summed E-state index contributed by atoms with van der Waals surface area (Å²) in [6, 6.07) is 0. The van der Waals surface area contributed by atoms with Crippen LogP contribution in [0, 0.1) is 0 Å². The Hall–Kier alpha value is 0.759. The molecule has 0 spiro atoms. The van der Waals surface area contributed by atoms with Crippen LogP contribution in [-0.2, 0) is 3.07 Å². The van der Waals surface area contributed by atoms with E-state index in [1.165, 1.54) is 87.1 Å². The van der Waals surface area contributed by atoms with E-state index in [4.69, 9.17) is 3.07 Å². The van der Waals surface area contributed by atoms with Gasteiger partial charge in [-0.1, -0.05) is 6.92 Å². The Balaban J connectivity index is 2.78. The Labute approximate surface area is 104 Å². The van der Waals surface area contributed by atoms with Crippen molar-refractivity contribution in [2.75, 3.05) is 6.61 Å². The second-order valence-electron chi connectivity index (χ2n) is 4.03. The molecule has 0 aromatic carbocycles. The van der Waals surface area contributed by atoms with Crippen LogP contribution in [0.25, 0.3) is 0 Å². The summed E-state index contributed by atoms with van der Waals surface area (Å²) in [6.07, 6.45) is 14.1. The molecule has 1 nitrogen and oxygen atoms in total. The van der Waals surface area contributed by atoms with Crippen molar-refractivity contribution in [3.8, 4) is 0 Å². The van der Waals surface area contributed by atoms with E-state index in [0.29, 0.717) is 0 Å². The monoisotopic (exact) mass is 305 g/mol. The third-order valence-electron chi connectivity index (χ3n) is 2.60. The van der Waals surface area contributed by atoms with Gasteiger partial charge in [0.1, 0.15) is 0 Å². The zero-order valence-electron chi connectivity index (χ0n) is 9.69. The molecular weight excluding hydrogens is 279 g/mol. The van der Waals surface area contributed by atoms with Crippen LogP contribution in [0.5, 0.6) is 0 Å². The van der Waals surface area contributed by atoms with E-state index in [-0.39, 0.29) is 0 Å². The average Bonchev–Trinajstić information content (AvgIpc) is 2.21. The summed E-state index contributed by atoms with van der Waals surface area (Å²) in [7, 11) is 0. The number of hydrogen-bond donors (Lipinski definition) is 0. The van der Waals surface area contributed by atoms with Gasteiger partial charge in [-0.15, -0.1) is 0 Å². The van der Waals surface area contributed by atoms with E-state index >= 15 is 0 Å². The third-order valence-corrected chi connectivity index (χ3v) is 3.18. The van der Waals surface area contributed by atoms with E-state index < -0.39 is 0 Å².